The molecule has 2 rings (SSSR count). The van der Waals surface area contributed by atoms with Crippen LogP contribution in [0.15, 0.2) is 0 Å². The van der Waals surface area contributed by atoms with Crippen LogP contribution in [-0.4, -0.2) is 79.7 Å². The number of likely N-dealkylation sites (N-methyl/N-ethyl adjacent to an activating group) is 1. The Morgan fingerprint density at radius 3 is 2.25 bits per heavy atom. The zero-order chi connectivity index (χ0) is 14.6. The lowest BCUT2D eigenvalue weighted by Gasteiger charge is -2.43. The van der Waals surface area contributed by atoms with E-state index in [9.17, 15) is 8.42 Å². The van der Waals surface area contributed by atoms with Crippen molar-refractivity contribution >= 4 is 9.84 Å². The van der Waals surface area contributed by atoms with Crippen molar-refractivity contribution in [2.24, 2.45) is 0 Å². The Labute approximate surface area is 122 Å². The average Bonchev–Trinajstić information content (AvgIpc) is 2.74. The molecule has 2 saturated heterocycles. The summed E-state index contributed by atoms with van der Waals surface area (Å²) in [5.74, 6) is 0.678. The van der Waals surface area contributed by atoms with Crippen LogP contribution in [-0.2, 0) is 9.84 Å². The topological polar surface area (TPSA) is 60.9 Å². The van der Waals surface area contributed by atoms with Gasteiger partial charge in [-0.25, -0.2) is 8.42 Å². The van der Waals surface area contributed by atoms with Crippen molar-refractivity contribution in [3.05, 3.63) is 0 Å². The quantitative estimate of drug-likeness (QED) is 0.688. The minimum absolute atomic E-state index is 0.201. The molecule has 6 heteroatoms. The van der Waals surface area contributed by atoms with Gasteiger partial charge in [0, 0.05) is 31.8 Å². The number of hydrogen-bond donors (Lipinski definition) is 1. The zero-order valence-corrected chi connectivity index (χ0v) is 13.3. The molecule has 2 atom stereocenters. The van der Waals surface area contributed by atoms with Gasteiger partial charge in [-0.3, -0.25) is 9.80 Å². The van der Waals surface area contributed by atoms with Crippen LogP contribution in [0.1, 0.15) is 32.6 Å². The maximum absolute atomic E-state index is 11.9. The average molecular weight is 304 g/mol. The Kier molecular flexibility index (Phi) is 5.84. The number of rotatable bonds is 7. The first-order chi connectivity index (χ1) is 9.57. The van der Waals surface area contributed by atoms with E-state index in [0.29, 0.717) is 11.5 Å². The van der Waals surface area contributed by atoms with Crippen molar-refractivity contribution in [2.75, 3.05) is 44.3 Å². The highest BCUT2D eigenvalue weighted by atomic mass is 32.2. The third kappa shape index (κ3) is 3.93. The molecular weight excluding hydrogens is 276 g/mol. The van der Waals surface area contributed by atoms with Gasteiger partial charge >= 0.3 is 0 Å². The molecular formula is C14H28N2O3S. The molecule has 0 amide bonds. The fourth-order valence-electron chi connectivity index (χ4n) is 3.55. The van der Waals surface area contributed by atoms with Crippen LogP contribution in [0.4, 0.5) is 0 Å². The van der Waals surface area contributed by atoms with Crippen LogP contribution in [0.5, 0.6) is 0 Å². The second-order valence-electron chi connectivity index (χ2n) is 6.01. The number of aliphatic hydroxyl groups excluding tert-OH is 1. The van der Waals surface area contributed by atoms with Gasteiger partial charge in [0.1, 0.15) is 0 Å². The Hall–Kier alpha value is -0.170. The normalized spacial score (nSPS) is 30.5. The Morgan fingerprint density at radius 2 is 1.60 bits per heavy atom. The number of fused-ring (bicyclic) bond motifs is 1. The Balaban J connectivity index is 1.88. The van der Waals surface area contributed by atoms with Crippen LogP contribution in [0.2, 0.25) is 0 Å². The van der Waals surface area contributed by atoms with Gasteiger partial charge in [-0.1, -0.05) is 19.8 Å². The largest absolute Gasteiger partial charge is 0.396 e. The summed E-state index contributed by atoms with van der Waals surface area (Å²) in [6.45, 7) is 6.32. The summed E-state index contributed by atoms with van der Waals surface area (Å²) in [5, 5.41) is 8.77. The molecule has 0 aliphatic carbocycles. The zero-order valence-electron chi connectivity index (χ0n) is 12.5. The summed E-state index contributed by atoms with van der Waals surface area (Å²) in [5.41, 5.74) is 0. The summed E-state index contributed by atoms with van der Waals surface area (Å²) < 4.78 is 23.9. The van der Waals surface area contributed by atoms with Gasteiger partial charge < -0.3 is 5.11 Å². The molecule has 0 aromatic heterocycles. The van der Waals surface area contributed by atoms with E-state index in [-0.39, 0.29) is 18.7 Å². The standard InChI is InChI=1S/C14H28N2O3S/c1-2-15-8-9-16(7-5-3-4-6-10-17)14-12-20(18,19)11-13(14)15/h13-14,17H,2-12H2,1H3/t13-,14+/m1/s1. The van der Waals surface area contributed by atoms with Crippen LogP contribution in [0.3, 0.4) is 0 Å². The van der Waals surface area contributed by atoms with Gasteiger partial charge in [0.25, 0.3) is 0 Å². The fraction of sp³-hybridized carbons (Fsp3) is 1.00. The number of piperazine rings is 1. The van der Waals surface area contributed by atoms with E-state index in [4.69, 9.17) is 5.11 Å². The maximum Gasteiger partial charge on any atom is 0.153 e. The van der Waals surface area contributed by atoms with E-state index in [1.54, 1.807) is 0 Å². The van der Waals surface area contributed by atoms with Crippen molar-refractivity contribution in [1.29, 1.82) is 0 Å². The van der Waals surface area contributed by atoms with Crippen molar-refractivity contribution in [3.63, 3.8) is 0 Å². The molecule has 2 heterocycles. The van der Waals surface area contributed by atoms with Gasteiger partial charge in [0.05, 0.1) is 11.5 Å². The first-order valence-electron chi connectivity index (χ1n) is 7.87. The van der Waals surface area contributed by atoms with E-state index in [1.807, 2.05) is 0 Å². The molecule has 5 nitrogen and oxygen atoms in total. The number of hydrogen-bond acceptors (Lipinski definition) is 5. The number of unbranched alkanes of at least 4 members (excludes halogenated alkanes) is 3. The summed E-state index contributed by atoms with van der Waals surface area (Å²) >= 11 is 0. The molecule has 2 aliphatic rings. The van der Waals surface area contributed by atoms with E-state index < -0.39 is 9.84 Å². The highest BCUT2D eigenvalue weighted by molar-refractivity contribution is 7.91. The van der Waals surface area contributed by atoms with Gasteiger partial charge in [-0.15, -0.1) is 0 Å². The summed E-state index contributed by atoms with van der Waals surface area (Å²) in [6.07, 6.45) is 4.18. The van der Waals surface area contributed by atoms with E-state index in [0.717, 1.165) is 51.9 Å². The van der Waals surface area contributed by atoms with Gasteiger partial charge in [-0.05, 0) is 25.9 Å². The highest BCUT2D eigenvalue weighted by Crippen LogP contribution is 2.27. The van der Waals surface area contributed by atoms with Crippen LogP contribution < -0.4 is 0 Å². The number of nitrogens with zero attached hydrogens (tertiary/aromatic N) is 2. The number of sulfone groups is 1. The lowest BCUT2D eigenvalue weighted by molar-refractivity contribution is 0.0479. The first kappa shape index (κ1) is 16.2. The highest BCUT2D eigenvalue weighted by Gasteiger charge is 2.45. The molecule has 20 heavy (non-hydrogen) atoms. The lowest BCUT2D eigenvalue weighted by Crippen LogP contribution is -2.59. The lowest BCUT2D eigenvalue weighted by atomic mass is 10.0. The fourth-order valence-corrected chi connectivity index (χ4v) is 5.59. The molecule has 0 aromatic carbocycles. The SMILES string of the molecule is CCN1CCN(CCCCCCO)[C@H]2CS(=O)(=O)C[C@H]21. The van der Waals surface area contributed by atoms with Crippen molar-refractivity contribution in [2.45, 2.75) is 44.7 Å². The van der Waals surface area contributed by atoms with Crippen molar-refractivity contribution in [1.82, 2.24) is 9.80 Å². The molecule has 0 saturated carbocycles. The second kappa shape index (κ2) is 7.20. The summed E-state index contributed by atoms with van der Waals surface area (Å²) in [7, 11) is -2.86. The first-order valence-corrected chi connectivity index (χ1v) is 9.69. The molecule has 1 N–H and O–H groups in total. The minimum Gasteiger partial charge on any atom is -0.396 e. The third-order valence-electron chi connectivity index (χ3n) is 4.67. The molecule has 118 valence electrons. The molecule has 2 fully saturated rings. The third-order valence-corrected chi connectivity index (χ3v) is 6.36. The van der Waals surface area contributed by atoms with Crippen LogP contribution >= 0.6 is 0 Å². The van der Waals surface area contributed by atoms with Crippen molar-refractivity contribution < 1.29 is 13.5 Å². The minimum atomic E-state index is -2.86. The maximum atomic E-state index is 11.9. The van der Waals surface area contributed by atoms with Gasteiger partial charge in [0.2, 0.25) is 0 Å². The Bertz CT molecular complexity index is 399. The molecule has 0 radical (unpaired) electrons. The van der Waals surface area contributed by atoms with Gasteiger partial charge in [0.15, 0.2) is 9.84 Å². The predicted molar refractivity (Wildman–Crippen MR) is 80.6 cm³/mol. The monoisotopic (exact) mass is 304 g/mol. The molecule has 0 spiro atoms. The van der Waals surface area contributed by atoms with E-state index in [1.165, 1.54) is 0 Å². The summed E-state index contributed by atoms with van der Waals surface area (Å²) in [4.78, 5) is 4.72. The van der Waals surface area contributed by atoms with E-state index >= 15 is 0 Å². The predicted octanol–water partition coefficient (Wildman–Crippen LogP) is 0.342. The summed E-state index contributed by atoms with van der Waals surface area (Å²) in [6, 6.07) is 0.405. The van der Waals surface area contributed by atoms with Crippen LogP contribution in [0.25, 0.3) is 0 Å². The Morgan fingerprint density at radius 1 is 1.00 bits per heavy atom. The molecule has 0 unspecified atom stereocenters. The second-order valence-corrected chi connectivity index (χ2v) is 8.17. The smallest absolute Gasteiger partial charge is 0.153 e. The van der Waals surface area contributed by atoms with Gasteiger partial charge in [-0.2, -0.15) is 0 Å². The molecule has 0 bridgehead atoms. The molecule has 0 aromatic rings. The van der Waals surface area contributed by atoms with Crippen molar-refractivity contribution in [3.8, 4) is 0 Å². The van der Waals surface area contributed by atoms with E-state index in [2.05, 4.69) is 16.7 Å². The number of aliphatic hydroxyl groups is 1. The van der Waals surface area contributed by atoms with Crippen LogP contribution in [0, 0.1) is 0 Å². The molecule has 2 aliphatic heterocycles.